The second-order valence-corrected chi connectivity index (χ2v) is 8.26. The molecule has 0 aliphatic rings. The van der Waals surface area contributed by atoms with Crippen LogP contribution in [0.1, 0.15) is 71.7 Å². The second kappa shape index (κ2) is 13.2. The van der Waals surface area contributed by atoms with Crippen LogP contribution in [0.2, 0.25) is 0 Å². The van der Waals surface area contributed by atoms with E-state index in [2.05, 4.69) is 6.92 Å². The van der Waals surface area contributed by atoms with Crippen LogP contribution in [0.25, 0.3) is 0 Å². The van der Waals surface area contributed by atoms with Crippen molar-refractivity contribution in [1.29, 1.82) is 0 Å². The van der Waals surface area contributed by atoms with Gasteiger partial charge in [-0.25, -0.2) is 9.59 Å². The zero-order valence-electron chi connectivity index (χ0n) is 19.9. The van der Waals surface area contributed by atoms with Crippen LogP contribution in [0.5, 0.6) is 17.2 Å². The molecule has 0 heterocycles. The summed E-state index contributed by atoms with van der Waals surface area (Å²) in [6, 6.07) is 20.4. The molecule has 178 valence electrons. The van der Waals surface area contributed by atoms with Crippen LogP contribution in [0.3, 0.4) is 0 Å². The molecule has 0 amide bonds. The van der Waals surface area contributed by atoms with Gasteiger partial charge in [0.2, 0.25) is 0 Å². The normalized spacial score (nSPS) is 10.5. The monoisotopic (exact) mass is 460 g/mol. The SMILES string of the molecule is CCCCCCCCOc1ccc(OC(=O)c2ccc(OC(=O)c3ccc(C)cc3)cc2)cc1. The molecule has 0 saturated heterocycles. The Labute approximate surface area is 201 Å². The quantitative estimate of drug-likeness (QED) is 0.163. The molecule has 0 unspecified atom stereocenters. The molecular formula is C29H32O5. The summed E-state index contributed by atoms with van der Waals surface area (Å²) in [5, 5.41) is 0. The van der Waals surface area contributed by atoms with Gasteiger partial charge in [-0.3, -0.25) is 0 Å². The summed E-state index contributed by atoms with van der Waals surface area (Å²) in [6.45, 7) is 4.85. The standard InChI is InChI=1S/C29H32O5/c1-3-4-5-6-7-8-21-32-25-17-19-27(20-18-25)34-29(31)24-13-15-26(16-14-24)33-28(30)23-11-9-22(2)10-12-23/h9-20H,3-8,21H2,1-2H3. The van der Waals surface area contributed by atoms with Crippen molar-refractivity contribution in [2.75, 3.05) is 6.61 Å². The fraction of sp³-hybridized carbons (Fsp3) is 0.310. The highest BCUT2D eigenvalue weighted by molar-refractivity contribution is 5.92. The third-order valence-corrected chi connectivity index (χ3v) is 5.39. The summed E-state index contributed by atoms with van der Waals surface area (Å²) in [4.78, 5) is 24.7. The van der Waals surface area contributed by atoms with E-state index in [4.69, 9.17) is 14.2 Å². The molecule has 0 aliphatic carbocycles. The molecule has 0 bridgehead atoms. The summed E-state index contributed by atoms with van der Waals surface area (Å²) < 4.78 is 16.6. The topological polar surface area (TPSA) is 61.8 Å². The van der Waals surface area contributed by atoms with Gasteiger partial charge in [-0.15, -0.1) is 0 Å². The van der Waals surface area contributed by atoms with Gasteiger partial charge in [0.1, 0.15) is 17.2 Å². The van der Waals surface area contributed by atoms with E-state index in [9.17, 15) is 9.59 Å². The minimum atomic E-state index is -0.489. The molecule has 34 heavy (non-hydrogen) atoms. The number of benzene rings is 3. The molecule has 0 radical (unpaired) electrons. The van der Waals surface area contributed by atoms with Gasteiger partial charge in [-0.2, -0.15) is 0 Å². The molecular weight excluding hydrogens is 428 g/mol. The molecule has 0 aromatic heterocycles. The zero-order chi connectivity index (χ0) is 24.2. The summed E-state index contributed by atoms with van der Waals surface area (Å²) in [5.41, 5.74) is 1.89. The Bertz CT molecular complexity index is 1040. The van der Waals surface area contributed by atoms with Crippen molar-refractivity contribution >= 4 is 11.9 Å². The van der Waals surface area contributed by atoms with Gasteiger partial charge in [0, 0.05) is 0 Å². The largest absolute Gasteiger partial charge is 0.494 e. The number of rotatable bonds is 12. The lowest BCUT2D eigenvalue weighted by atomic mass is 10.1. The van der Waals surface area contributed by atoms with Gasteiger partial charge in [0.25, 0.3) is 0 Å². The van der Waals surface area contributed by atoms with E-state index in [1.165, 1.54) is 32.1 Å². The van der Waals surface area contributed by atoms with Gasteiger partial charge < -0.3 is 14.2 Å². The number of hydrogen-bond donors (Lipinski definition) is 0. The van der Waals surface area contributed by atoms with Crippen LogP contribution < -0.4 is 14.2 Å². The van der Waals surface area contributed by atoms with Gasteiger partial charge in [0.15, 0.2) is 0 Å². The predicted molar refractivity (Wildman–Crippen MR) is 133 cm³/mol. The number of carbonyl (C=O) groups excluding carboxylic acids is 2. The van der Waals surface area contributed by atoms with Crippen LogP contribution in [-0.4, -0.2) is 18.5 Å². The Morgan fingerprint density at radius 1 is 0.588 bits per heavy atom. The summed E-state index contributed by atoms with van der Waals surface area (Å²) in [7, 11) is 0. The van der Waals surface area contributed by atoms with Crippen LogP contribution in [0.4, 0.5) is 0 Å². The highest BCUT2D eigenvalue weighted by Crippen LogP contribution is 2.20. The average molecular weight is 461 g/mol. The van der Waals surface area contributed by atoms with E-state index in [1.807, 2.05) is 19.1 Å². The molecule has 5 nitrogen and oxygen atoms in total. The Morgan fingerprint density at radius 3 is 1.59 bits per heavy atom. The third kappa shape index (κ3) is 8.07. The zero-order valence-corrected chi connectivity index (χ0v) is 19.9. The molecule has 3 rings (SSSR count). The molecule has 0 spiro atoms. The van der Waals surface area contributed by atoms with Crippen molar-refractivity contribution in [2.45, 2.75) is 52.4 Å². The van der Waals surface area contributed by atoms with Gasteiger partial charge in [0.05, 0.1) is 17.7 Å². The van der Waals surface area contributed by atoms with E-state index < -0.39 is 11.9 Å². The number of carbonyl (C=O) groups is 2. The highest BCUT2D eigenvalue weighted by Gasteiger charge is 2.12. The predicted octanol–water partition coefficient (Wildman–Crippen LogP) is 7.17. The fourth-order valence-corrected chi connectivity index (χ4v) is 3.36. The van der Waals surface area contributed by atoms with Crippen molar-refractivity contribution in [1.82, 2.24) is 0 Å². The lowest BCUT2D eigenvalue weighted by molar-refractivity contribution is 0.0730. The first kappa shape index (κ1) is 25.0. The van der Waals surface area contributed by atoms with Crippen LogP contribution in [-0.2, 0) is 0 Å². The summed E-state index contributed by atoms with van der Waals surface area (Å²) >= 11 is 0. The lowest BCUT2D eigenvalue weighted by Crippen LogP contribution is -2.10. The van der Waals surface area contributed by atoms with Crippen molar-refractivity contribution in [3.63, 3.8) is 0 Å². The molecule has 0 atom stereocenters. The smallest absolute Gasteiger partial charge is 0.343 e. The minimum Gasteiger partial charge on any atom is -0.494 e. The third-order valence-electron chi connectivity index (χ3n) is 5.39. The Kier molecular flexibility index (Phi) is 9.71. The van der Waals surface area contributed by atoms with Crippen molar-refractivity contribution in [3.05, 3.63) is 89.5 Å². The second-order valence-electron chi connectivity index (χ2n) is 8.26. The van der Waals surface area contributed by atoms with E-state index in [-0.39, 0.29) is 0 Å². The Morgan fingerprint density at radius 2 is 1.03 bits per heavy atom. The van der Waals surface area contributed by atoms with E-state index in [0.29, 0.717) is 29.2 Å². The average Bonchev–Trinajstić information content (AvgIpc) is 2.85. The van der Waals surface area contributed by atoms with Crippen LogP contribution in [0.15, 0.2) is 72.8 Å². The summed E-state index contributed by atoms with van der Waals surface area (Å²) in [5.74, 6) is 0.611. The molecule has 0 saturated carbocycles. The lowest BCUT2D eigenvalue weighted by Gasteiger charge is -2.09. The molecule has 5 heteroatoms. The van der Waals surface area contributed by atoms with Gasteiger partial charge in [-0.05, 0) is 74.0 Å². The van der Waals surface area contributed by atoms with Gasteiger partial charge >= 0.3 is 11.9 Å². The maximum absolute atomic E-state index is 12.4. The van der Waals surface area contributed by atoms with E-state index >= 15 is 0 Å². The Balaban J connectivity index is 1.44. The maximum Gasteiger partial charge on any atom is 0.343 e. The van der Waals surface area contributed by atoms with Crippen molar-refractivity contribution in [3.8, 4) is 17.2 Å². The number of esters is 2. The van der Waals surface area contributed by atoms with Gasteiger partial charge in [-0.1, -0.05) is 56.7 Å². The van der Waals surface area contributed by atoms with Crippen LogP contribution in [0, 0.1) is 6.92 Å². The molecule has 0 aliphatic heterocycles. The first-order valence-corrected chi connectivity index (χ1v) is 11.9. The van der Waals surface area contributed by atoms with E-state index in [1.54, 1.807) is 60.7 Å². The Hall–Kier alpha value is -3.60. The van der Waals surface area contributed by atoms with Crippen molar-refractivity contribution < 1.29 is 23.8 Å². The first-order valence-electron chi connectivity index (χ1n) is 11.9. The molecule has 0 fully saturated rings. The fourth-order valence-electron chi connectivity index (χ4n) is 3.36. The number of unbranched alkanes of at least 4 members (excludes halogenated alkanes) is 5. The summed E-state index contributed by atoms with van der Waals surface area (Å²) in [6.07, 6.45) is 7.31. The highest BCUT2D eigenvalue weighted by atomic mass is 16.5. The number of hydrogen-bond acceptors (Lipinski definition) is 5. The van der Waals surface area contributed by atoms with Crippen molar-refractivity contribution in [2.24, 2.45) is 0 Å². The van der Waals surface area contributed by atoms with E-state index in [0.717, 1.165) is 17.7 Å². The minimum absolute atomic E-state index is 0.356. The number of aryl methyl sites for hydroxylation is 1. The van der Waals surface area contributed by atoms with Crippen LogP contribution >= 0.6 is 0 Å². The molecule has 0 N–H and O–H groups in total. The molecule has 3 aromatic rings. The molecule has 3 aromatic carbocycles. The number of ether oxygens (including phenoxy) is 3. The maximum atomic E-state index is 12.4. The first-order chi connectivity index (χ1) is 16.5.